The molecule has 0 saturated carbocycles. The van der Waals surface area contributed by atoms with Gasteiger partial charge in [0.15, 0.2) is 0 Å². The van der Waals surface area contributed by atoms with E-state index < -0.39 is 29.9 Å². The first-order chi connectivity index (χ1) is 15.6. The van der Waals surface area contributed by atoms with Crippen molar-refractivity contribution in [3.8, 4) is 11.1 Å². The lowest BCUT2D eigenvalue weighted by molar-refractivity contribution is -0.142. The van der Waals surface area contributed by atoms with Gasteiger partial charge in [-0.25, -0.2) is 4.79 Å². The van der Waals surface area contributed by atoms with Crippen LogP contribution in [0.15, 0.2) is 48.5 Å². The minimum Gasteiger partial charge on any atom is -0.480 e. The highest BCUT2D eigenvalue weighted by Gasteiger charge is 2.30. The summed E-state index contributed by atoms with van der Waals surface area (Å²) in [6, 6.07) is 15.2. The number of fused-ring (bicyclic) bond motifs is 3. The van der Waals surface area contributed by atoms with E-state index in [0.717, 1.165) is 22.3 Å². The van der Waals surface area contributed by atoms with E-state index in [2.05, 4.69) is 34.9 Å². The predicted octanol–water partition coefficient (Wildman–Crippen LogP) is 4.17. The highest BCUT2D eigenvalue weighted by atomic mass is 16.5. The van der Waals surface area contributed by atoms with E-state index in [1.807, 2.05) is 45.0 Å². The van der Waals surface area contributed by atoms with Crippen LogP contribution in [0.5, 0.6) is 0 Å². The number of benzene rings is 2. The summed E-state index contributed by atoms with van der Waals surface area (Å²) < 4.78 is 5.54. The second-order valence-electron chi connectivity index (χ2n) is 9.74. The molecule has 2 aromatic carbocycles. The molecule has 0 heterocycles. The third kappa shape index (κ3) is 6.12. The summed E-state index contributed by atoms with van der Waals surface area (Å²) in [4.78, 5) is 36.2. The zero-order valence-corrected chi connectivity index (χ0v) is 19.6. The normalized spacial score (nSPS) is 14.5. The summed E-state index contributed by atoms with van der Waals surface area (Å²) in [7, 11) is 0. The van der Waals surface area contributed by atoms with Crippen LogP contribution in [0.25, 0.3) is 11.1 Å². The smallest absolute Gasteiger partial charge is 0.407 e. The summed E-state index contributed by atoms with van der Waals surface area (Å²) in [5.41, 5.74) is 4.36. The Kier molecular flexibility index (Phi) is 7.41. The molecule has 0 fully saturated rings. The molecule has 7 nitrogen and oxygen atoms in total. The van der Waals surface area contributed by atoms with Crippen LogP contribution >= 0.6 is 0 Å². The van der Waals surface area contributed by atoms with E-state index in [1.54, 1.807) is 0 Å². The van der Waals surface area contributed by atoms with Gasteiger partial charge in [0, 0.05) is 12.5 Å². The van der Waals surface area contributed by atoms with Gasteiger partial charge in [0.25, 0.3) is 0 Å². The number of hydrogen-bond acceptors (Lipinski definition) is 4. The predicted molar refractivity (Wildman–Crippen MR) is 126 cm³/mol. The Labute approximate surface area is 194 Å². The molecule has 0 saturated heterocycles. The molecule has 2 atom stereocenters. The molecular formula is C26H32N2O5. The van der Waals surface area contributed by atoms with Crippen LogP contribution in [-0.2, 0) is 14.3 Å². The quantitative estimate of drug-likeness (QED) is 0.558. The zero-order chi connectivity index (χ0) is 24.2. The lowest BCUT2D eigenvalue weighted by Gasteiger charge is -2.26. The number of rotatable bonds is 8. The molecule has 176 valence electrons. The summed E-state index contributed by atoms with van der Waals surface area (Å²) in [5.74, 6) is -2.14. The van der Waals surface area contributed by atoms with Crippen molar-refractivity contribution in [2.75, 3.05) is 13.2 Å². The van der Waals surface area contributed by atoms with Crippen molar-refractivity contribution in [2.24, 2.45) is 11.3 Å². The average molecular weight is 453 g/mol. The highest BCUT2D eigenvalue weighted by Crippen LogP contribution is 2.44. The zero-order valence-electron chi connectivity index (χ0n) is 19.6. The minimum atomic E-state index is -1.11. The van der Waals surface area contributed by atoms with E-state index in [4.69, 9.17) is 9.84 Å². The number of hydrogen-bond donors (Lipinski definition) is 3. The van der Waals surface area contributed by atoms with Gasteiger partial charge in [-0.15, -0.1) is 0 Å². The number of carboxylic acids is 1. The fraction of sp³-hybridized carbons (Fsp3) is 0.423. The van der Waals surface area contributed by atoms with Gasteiger partial charge < -0.3 is 20.5 Å². The van der Waals surface area contributed by atoms with Crippen molar-refractivity contribution >= 4 is 18.0 Å². The molecule has 0 radical (unpaired) electrons. The fourth-order valence-corrected chi connectivity index (χ4v) is 4.25. The number of nitrogens with one attached hydrogen (secondary N) is 2. The van der Waals surface area contributed by atoms with Crippen molar-refractivity contribution in [3.63, 3.8) is 0 Å². The molecule has 3 N–H and O–H groups in total. The topological polar surface area (TPSA) is 105 Å². The number of carboxylic acid groups (broad SMARTS) is 1. The van der Waals surface area contributed by atoms with Crippen LogP contribution in [0.1, 0.15) is 51.2 Å². The van der Waals surface area contributed by atoms with Gasteiger partial charge in [-0.2, -0.15) is 0 Å². The van der Waals surface area contributed by atoms with E-state index in [9.17, 15) is 14.4 Å². The highest BCUT2D eigenvalue weighted by molar-refractivity contribution is 5.85. The number of aliphatic carboxylic acids is 1. The van der Waals surface area contributed by atoms with Gasteiger partial charge in [0.2, 0.25) is 5.91 Å². The Morgan fingerprint density at radius 3 is 2.06 bits per heavy atom. The average Bonchev–Trinajstić information content (AvgIpc) is 3.08. The molecule has 0 spiro atoms. The minimum absolute atomic E-state index is 0.0479. The summed E-state index contributed by atoms with van der Waals surface area (Å²) in [6.07, 6.45) is -0.121. The molecular weight excluding hydrogens is 420 g/mol. The third-order valence-corrected chi connectivity index (χ3v) is 5.80. The largest absolute Gasteiger partial charge is 0.480 e. The number of ether oxygens (including phenoxy) is 1. The fourth-order valence-electron chi connectivity index (χ4n) is 4.25. The van der Waals surface area contributed by atoms with Gasteiger partial charge >= 0.3 is 12.1 Å². The summed E-state index contributed by atoms with van der Waals surface area (Å²) in [5, 5.41) is 14.3. The van der Waals surface area contributed by atoms with Crippen molar-refractivity contribution < 1.29 is 24.2 Å². The number of carbonyl (C=O) groups is 3. The van der Waals surface area contributed by atoms with Crippen LogP contribution < -0.4 is 10.6 Å². The third-order valence-electron chi connectivity index (χ3n) is 5.80. The number of carbonyl (C=O) groups excluding carboxylic acids is 2. The van der Waals surface area contributed by atoms with Gasteiger partial charge in [0.05, 0.1) is 5.92 Å². The summed E-state index contributed by atoms with van der Waals surface area (Å²) in [6.45, 7) is 7.62. The lowest BCUT2D eigenvalue weighted by Crippen LogP contribution is -2.46. The molecule has 0 aliphatic heterocycles. The summed E-state index contributed by atoms with van der Waals surface area (Å²) >= 11 is 0. The monoisotopic (exact) mass is 452 g/mol. The maximum Gasteiger partial charge on any atom is 0.407 e. The molecule has 33 heavy (non-hydrogen) atoms. The van der Waals surface area contributed by atoms with Gasteiger partial charge in [-0.05, 0) is 41.0 Å². The molecule has 2 amide bonds. The lowest BCUT2D eigenvalue weighted by atomic mass is 9.84. The van der Waals surface area contributed by atoms with Crippen LogP contribution in [0.4, 0.5) is 4.79 Å². The molecule has 0 bridgehead atoms. The van der Waals surface area contributed by atoms with E-state index in [0.29, 0.717) is 6.42 Å². The Hall–Kier alpha value is -3.35. The van der Waals surface area contributed by atoms with Crippen LogP contribution in [0.2, 0.25) is 0 Å². The van der Waals surface area contributed by atoms with E-state index >= 15 is 0 Å². The van der Waals surface area contributed by atoms with Crippen molar-refractivity contribution in [3.05, 3.63) is 59.7 Å². The first-order valence-electron chi connectivity index (χ1n) is 11.2. The van der Waals surface area contributed by atoms with Crippen LogP contribution in [0, 0.1) is 11.3 Å². The van der Waals surface area contributed by atoms with Crippen LogP contribution in [0.3, 0.4) is 0 Å². The number of amides is 2. The van der Waals surface area contributed by atoms with Crippen molar-refractivity contribution in [2.45, 2.75) is 46.1 Å². The van der Waals surface area contributed by atoms with E-state index in [1.165, 1.54) is 6.92 Å². The first kappa shape index (κ1) is 24.3. The molecule has 1 aliphatic carbocycles. The second kappa shape index (κ2) is 10.1. The second-order valence-corrected chi connectivity index (χ2v) is 9.74. The Morgan fingerprint density at radius 1 is 1.00 bits per heavy atom. The van der Waals surface area contributed by atoms with Gasteiger partial charge in [-0.1, -0.05) is 69.3 Å². The Balaban J connectivity index is 1.61. The molecule has 2 aromatic rings. The maximum atomic E-state index is 12.6. The first-order valence-corrected chi connectivity index (χ1v) is 11.2. The van der Waals surface area contributed by atoms with Gasteiger partial charge in [-0.3, -0.25) is 9.59 Å². The Morgan fingerprint density at radius 2 is 1.55 bits per heavy atom. The van der Waals surface area contributed by atoms with Crippen molar-refractivity contribution in [1.82, 2.24) is 10.6 Å². The Bertz CT molecular complexity index is 982. The molecule has 1 unspecified atom stereocenters. The molecule has 7 heteroatoms. The molecule has 1 aliphatic rings. The maximum absolute atomic E-state index is 12.6. The van der Waals surface area contributed by atoms with Crippen LogP contribution in [-0.4, -0.2) is 42.3 Å². The standard InChI is InChI=1S/C26H32N2O5/c1-16(24(30)31)28-23(29)17(13-26(2,3)4)14-27-25(32)33-15-22-20-11-7-5-9-18(20)19-10-6-8-12-21(19)22/h5-12,16-17,22H,13-15H2,1-4H3,(H,27,32)(H,28,29)(H,30,31)/t16-,17?/m0/s1. The molecule has 0 aromatic heterocycles. The van der Waals surface area contributed by atoms with Crippen molar-refractivity contribution in [1.29, 1.82) is 0 Å². The van der Waals surface area contributed by atoms with Gasteiger partial charge in [0.1, 0.15) is 12.6 Å². The number of alkyl carbamates (subject to hydrolysis) is 1. The van der Waals surface area contributed by atoms with E-state index in [-0.39, 0.29) is 24.5 Å². The SMILES string of the molecule is C[C@H](NC(=O)C(CNC(=O)OCC1c2ccccc2-c2ccccc21)CC(C)(C)C)C(=O)O. The molecule has 3 rings (SSSR count).